The van der Waals surface area contributed by atoms with Crippen molar-refractivity contribution in [2.24, 2.45) is 5.92 Å². The van der Waals surface area contributed by atoms with Crippen LogP contribution in [-0.2, 0) is 32.7 Å². The molecule has 0 radical (unpaired) electrons. The molecule has 0 aliphatic carbocycles. The van der Waals surface area contributed by atoms with E-state index >= 15 is 0 Å². The highest BCUT2D eigenvalue weighted by atomic mass is 32.2. The Kier molecular flexibility index (Phi) is 7.09. The highest BCUT2D eigenvalue weighted by molar-refractivity contribution is 7.89. The van der Waals surface area contributed by atoms with Gasteiger partial charge in [0, 0.05) is 39.1 Å². The molecule has 33 heavy (non-hydrogen) atoms. The number of piperidine rings is 1. The Morgan fingerprint density at radius 1 is 1.00 bits per heavy atom. The SMILES string of the molecule is O=C(NCc1ccc(CN2CCCC2=O)cc1)C1CCCN(S(=O)(=O)c2ccc(F)cc2)C1. The number of hydrogen-bond acceptors (Lipinski definition) is 4. The lowest BCUT2D eigenvalue weighted by molar-refractivity contribution is -0.128. The monoisotopic (exact) mass is 473 g/mol. The second-order valence-electron chi connectivity index (χ2n) is 8.61. The predicted octanol–water partition coefficient (Wildman–Crippen LogP) is 2.67. The second-order valence-corrected chi connectivity index (χ2v) is 10.5. The third-order valence-corrected chi connectivity index (χ3v) is 8.12. The van der Waals surface area contributed by atoms with E-state index in [0.717, 1.165) is 36.2 Å². The van der Waals surface area contributed by atoms with E-state index in [-0.39, 0.29) is 23.3 Å². The molecule has 2 saturated heterocycles. The molecule has 0 aromatic heterocycles. The summed E-state index contributed by atoms with van der Waals surface area (Å²) in [6.07, 6.45) is 2.73. The molecule has 9 heteroatoms. The standard InChI is InChI=1S/C24H28FN3O4S/c25-21-9-11-22(12-10-21)33(31,32)28-14-1-3-20(17-28)24(30)26-15-18-5-7-19(8-6-18)16-27-13-2-4-23(27)29/h5-12,20H,1-4,13-17H2,(H,26,30). The molecule has 0 saturated carbocycles. The van der Waals surface area contributed by atoms with E-state index in [2.05, 4.69) is 5.32 Å². The summed E-state index contributed by atoms with van der Waals surface area (Å²) in [6.45, 7) is 2.19. The highest BCUT2D eigenvalue weighted by Crippen LogP contribution is 2.24. The van der Waals surface area contributed by atoms with Crippen LogP contribution < -0.4 is 5.32 Å². The Hall–Kier alpha value is -2.78. The minimum Gasteiger partial charge on any atom is -0.352 e. The van der Waals surface area contributed by atoms with Crippen molar-refractivity contribution in [3.63, 3.8) is 0 Å². The van der Waals surface area contributed by atoms with Crippen molar-refractivity contribution in [2.75, 3.05) is 19.6 Å². The molecular weight excluding hydrogens is 445 g/mol. The van der Waals surface area contributed by atoms with E-state index in [9.17, 15) is 22.4 Å². The number of sulfonamides is 1. The van der Waals surface area contributed by atoms with Crippen LogP contribution in [0, 0.1) is 11.7 Å². The van der Waals surface area contributed by atoms with Gasteiger partial charge in [0.2, 0.25) is 21.8 Å². The zero-order chi connectivity index (χ0) is 23.4. The van der Waals surface area contributed by atoms with Gasteiger partial charge in [0.25, 0.3) is 0 Å². The van der Waals surface area contributed by atoms with Gasteiger partial charge in [-0.25, -0.2) is 12.8 Å². The van der Waals surface area contributed by atoms with Gasteiger partial charge in [0.15, 0.2) is 0 Å². The van der Waals surface area contributed by atoms with Gasteiger partial charge in [-0.1, -0.05) is 24.3 Å². The molecular formula is C24H28FN3O4S. The molecule has 2 aromatic carbocycles. The number of benzene rings is 2. The molecule has 1 atom stereocenters. The first-order chi connectivity index (χ1) is 15.8. The Balaban J connectivity index is 1.31. The number of carbonyl (C=O) groups excluding carboxylic acids is 2. The number of likely N-dealkylation sites (tertiary alicyclic amines) is 1. The maximum Gasteiger partial charge on any atom is 0.243 e. The Bertz CT molecular complexity index is 1100. The summed E-state index contributed by atoms with van der Waals surface area (Å²) < 4.78 is 40.2. The summed E-state index contributed by atoms with van der Waals surface area (Å²) in [5.74, 6) is -0.924. The number of carbonyl (C=O) groups is 2. The summed E-state index contributed by atoms with van der Waals surface area (Å²) >= 11 is 0. The van der Waals surface area contributed by atoms with Crippen molar-refractivity contribution in [2.45, 2.75) is 43.7 Å². The molecule has 2 aliphatic rings. The van der Waals surface area contributed by atoms with Crippen LogP contribution in [0.15, 0.2) is 53.4 Å². The minimum absolute atomic E-state index is 0.0284. The molecule has 2 heterocycles. The van der Waals surface area contributed by atoms with Gasteiger partial charge in [0.1, 0.15) is 5.82 Å². The normalized spacial score (nSPS) is 19.6. The summed E-state index contributed by atoms with van der Waals surface area (Å²) in [5.41, 5.74) is 1.99. The lowest BCUT2D eigenvalue weighted by Gasteiger charge is -2.31. The summed E-state index contributed by atoms with van der Waals surface area (Å²) in [7, 11) is -3.77. The zero-order valence-corrected chi connectivity index (χ0v) is 19.2. The first kappa shape index (κ1) is 23.4. The fourth-order valence-electron chi connectivity index (χ4n) is 4.32. The molecule has 4 rings (SSSR count). The first-order valence-electron chi connectivity index (χ1n) is 11.2. The van der Waals surface area contributed by atoms with E-state index < -0.39 is 21.8 Å². The lowest BCUT2D eigenvalue weighted by atomic mass is 9.98. The topological polar surface area (TPSA) is 86.8 Å². The molecule has 2 fully saturated rings. The third kappa shape index (κ3) is 5.59. The van der Waals surface area contributed by atoms with Gasteiger partial charge >= 0.3 is 0 Å². The molecule has 0 bridgehead atoms. The van der Waals surface area contributed by atoms with Gasteiger partial charge in [-0.2, -0.15) is 4.31 Å². The highest BCUT2D eigenvalue weighted by Gasteiger charge is 2.33. The van der Waals surface area contributed by atoms with Gasteiger partial charge in [-0.3, -0.25) is 9.59 Å². The summed E-state index contributed by atoms with van der Waals surface area (Å²) in [5, 5.41) is 2.91. The third-order valence-electron chi connectivity index (χ3n) is 6.24. The van der Waals surface area contributed by atoms with Crippen LogP contribution >= 0.6 is 0 Å². The smallest absolute Gasteiger partial charge is 0.243 e. The minimum atomic E-state index is -3.77. The van der Waals surface area contributed by atoms with E-state index in [1.807, 2.05) is 29.2 Å². The van der Waals surface area contributed by atoms with Crippen LogP contribution in [0.4, 0.5) is 4.39 Å². The number of amides is 2. The van der Waals surface area contributed by atoms with E-state index in [0.29, 0.717) is 38.9 Å². The van der Waals surface area contributed by atoms with Crippen molar-refractivity contribution in [3.8, 4) is 0 Å². The average Bonchev–Trinajstić information content (AvgIpc) is 3.23. The first-order valence-corrected chi connectivity index (χ1v) is 12.7. The van der Waals surface area contributed by atoms with Crippen molar-refractivity contribution in [1.29, 1.82) is 0 Å². The molecule has 2 aliphatic heterocycles. The van der Waals surface area contributed by atoms with Crippen LogP contribution in [0.3, 0.4) is 0 Å². The fraction of sp³-hybridized carbons (Fsp3) is 0.417. The number of halogens is 1. The van der Waals surface area contributed by atoms with Gasteiger partial charge in [-0.05, 0) is 54.7 Å². The zero-order valence-electron chi connectivity index (χ0n) is 18.4. The molecule has 7 nitrogen and oxygen atoms in total. The van der Waals surface area contributed by atoms with Crippen molar-refractivity contribution in [3.05, 3.63) is 65.5 Å². The number of nitrogens with one attached hydrogen (secondary N) is 1. The van der Waals surface area contributed by atoms with E-state index in [4.69, 9.17) is 0 Å². The molecule has 1 N–H and O–H groups in total. The summed E-state index contributed by atoms with van der Waals surface area (Å²) in [6, 6.07) is 12.5. The Morgan fingerprint density at radius 3 is 2.36 bits per heavy atom. The maximum atomic E-state index is 13.2. The molecule has 2 aromatic rings. The van der Waals surface area contributed by atoms with Crippen LogP contribution in [0.1, 0.15) is 36.8 Å². The number of hydrogen-bond donors (Lipinski definition) is 1. The summed E-state index contributed by atoms with van der Waals surface area (Å²) in [4.78, 5) is 26.4. The van der Waals surface area contributed by atoms with E-state index in [1.165, 1.54) is 16.4 Å². The van der Waals surface area contributed by atoms with Crippen molar-refractivity contribution >= 4 is 21.8 Å². The van der Waals surface area contributed by atoms with Gasteiger partial charge < -0.3 is 10.2 Å². The quantitative estimate of drug-likeness (QED) is 0.670. The molecule has 2 amide bonds. The average molecular weight is 474 g/mol. The largest absolute Gasteiger partial charge is 0.352 e. The van der Waals surface area contributed by atoms with Crippen LogP contribution in [-0.4, -0.2) is 49.1 Å². The van der Waals surface area contributed by atoms with E-state index in [1.54, 1.807) is 0 Å². The van der Waals surface area contributed by atoms with Crippen LogP contribution in [0.25, 0.3) is 0 Å². The second kappa shape index (κ2) is 10.0. The number of rotatable bonds is 7. The number of nitrogens with zero attached hydrogens (tertiary/aromatic N) is 2. The molecule has 176 valence electrons. The van der Waals surface area contributed by atoms with Crippen LogP contribution in [0.2, 0.25) is 0 Å². The lowest BCUT2D eigenvalue weighted by Crippen LogP contribution is -2.45. The van der Waals surface area contributed by atoms with Gasteiger partial charge in [-0.15, -0.1) is 0 Å². The Labute approximate surface area is 193 Å². The molecule has 0 spiro atoms. The Morgan fingerprint density at radius 2 is 1.70 bits per heavy atom. The predicted molar refractivity (Wildman–Crippen MR) is 121 cm³/mol. The fourth-order valence-corrected chi connectivity index (χ4v) is 5.84. The van der Waals surface area contributed by atoms with Gasteiger partial charge in [0.05, 0.1) is 10.8 Å². The molecule has 1 unspecified atom stereocenters. The van der Waals surface area contributed by atoms with Crippen molar-refractivity contribution < 1.29 is 22.4 Å². The van der Waals surface area contributed by atoms with Crippen molar-refractivity contribution in [1.82, 2.24) is 14.5 Å². The van der Waals surface area contributed by atoms with Crippen LogP contribution in [0.5, 0.6) is 0 Å². The maximum absolute atomic E-state index is 13.2.